The van der Waals surface area contributed by atoms with Gasteiger partial charge in [0, 0.05) is 6.61 Å². The summed E-state index contributed by atoms with van der Waals surface area (Å²) in [5, 5.41) is 0. The third kappa shape index (κ3) is 21.0. The molecule has 29 heavy (non-hydrogen) atoms. The Kier molecular flexibility index (Phi) is 24.2. The molecule has 0 rings (SSSR count). The van der Waals surface area contributed by atoms with Crippen LogP contribution in [0.1, 0.15) is 163 Å². The standard InChI is InChI=1S/C28H58O/c1-5-9-12-14-16-18-20-22-25-28(24-21-19-17-15-13-10-6-2)29-26-27(8-4)23-11-7-3/h27-28H,5-26H2,1-4H3. The van der Waals surface area contributed by atoms with Crippen LogP contribution in [0, 0.1) is 5.92 Å². The van der Waals surface area contributed by atoms with E-state index in [9.17, 15) is 0 Å². The van der Waals surface area contributed by atoms with Crippen molar-refractivity contribution in [1.82, 2.24) is 0 Å². The molecule has 0 saturated carbocycles. The summed E-state index contributed by atoms with van der Waals surface area (Å²) in [7, 11) is 0. The lowest BCUT2D eigenvalue weighted by atomic mass is 9.99. The van der Waals surface area contributed by atoms with Gasteiger partial charge in [-0.25, -0.2) is 0 Å². The highest BCUT2D eigenvalue weighted by Gasteiger charge is 2.13. The molecule has 0 amide bonds. The summed E-state index contributed by atoms with van der Waals surface area (Å²) in [4.78, 5) is 0. The molecule has 0 aromatic rings. The maximum absolute atomic E-state index is 6.50. The van der Waals surface area contributed by atoms with E-state index in [1.165, 1.54) is 135 Å². The van der Waals surface area contributed by atoms with Crippen LogP contribution in [0.2, 0.25) is 0 Å². The number of ether oxygens (including phenoxy) is 1. The Labute approximate surface area is 186 Å². The average molecular weight is 411 g/mol. The third-order valence-corrected chi connectivity index (χ3v) is 6.62. The van der Waals surface area contributed by atoms with Crippen molar-refractivity contribution in [2.45, 2.75) is 169 Å². The van der Waals surface area contributed by atoms with E-state index < -0.39 is 0 Å². The second-order valence-corrected chi connectivity index (χ2v) is 9.55. The maximum Gasteiger partial charge on any atom is 0.0575 e. The first-order valence-corrected chi connectivity index (χ1v) is 13.9. The highest BCUT2D eigenvalue weighted by atomic mass is 16.5. The molecule has 0 aromatic heterocycles. The fraction of sp³-hybridized carbons (Fsp3) is 1.00. The Morgan fingerprint density at radius 2 is 0.862 bits per heavy atom. The first-order valence-electron chi connectivity index (χ1n) is 13.9. The molecule has 0 radical (unpaired) electrons. The van der Waals surface area contributed by atoms with Crippen molar-refractivity contribution < 1.29 is 4.74 Å². The van der Waals surface area contributed by atoms with Crippen LogP contribution in [-0.2, 0) is 4.74 Å². The average Bonchev–Trinajstić information content (AvgIpc) is 2.74. The monoisotopic (exact) mass is 410 g/mol. The van der Waals surface area contributed by atoms with Crippen LogP contribution in [0.3, 0.4) is 0 Å². The molecule has 0 aromatic carbocycles. The molecule has 0 fully saturated rings. The molecule has 0 bridgehead atoms. The smallest absolute Gasteiger partial charge is 0.0575 e. The fourth-order valence-electron chi connectivity index (χ4n) is 4.32. The molecule has 0 aliphatic carbocycles. The molecule has 0 spiro atoms. The molecule has 0 aliphatic rings. The van der Waals surface area contributed by atoms with E-state index in [0.29, 0.717) is 6.10 Å². The van der Waals surface area contributed by atoms with Gasteiger partial charge in [0.05, 0.1) is 6.10 Å². The first-order chi connectivity index (χ1) is 14.3. The summed E-state index contributed by atoms with van der Waals surface area (Å²) >= 11 is 0. The summed E-state index contributed by atoms with van der Waals surface area (Å²) in [6.45, 7) is 10.3. The minimum Gasteiger partial charge on any atom is -0.378 e. The van der Waals surface area contributed by atoms with Crippen LogP contribution in [0.15, 0.2) is 0 Å². The molecular weight excluding hydrogens is 352 g/mol. The highest BCUT2D eigenvalue weighted by Crippen LogP contribution is 2.20. The molecule has 0 N–H and O–H groups in total. The zero-order chi connectivity index (χ0) is 21.4. The van der Waals surface area contributed by atoms with Crippen LogP contribution < -0.4 is 0 Å². The molecule has 0 aliphatic heterocycles. The summed E-state index contributed by atoms with van der Waals surface area (Å²) < 4.78 is 6.50. The molecule has 0 heterocycles. The van der Waals surface area contributed by atoms with Crippen LogP contribution in [0.5, 0.6) is 0 Å². The molecule has 1 heteroatoms. The quantitative estimate of drug-likeness (QED) is 0.144. The molecule has 2 unspecified atom stereocenters. The second kappa shape index (κ2) is 24.2. The van der Waals surface area contributed by atoms with E-state index >= 15 is 0 Å². The molecule has 176 valence electrons. The third-order valence-electron chi connectivity index (χ3n) is 6.62. The van der Waals surface area contributed by atoms with Crippen LogP contribution >= 0.6 is 0 Å². The lowest BCUT2D eigenvalue weighted by Crippen LogP contribution is -2.18. The van der Waals surface area contributed by atoms with Gasteiger partial charge in [0.25, 0.3) is 0 Å². The van der Waals surface area contributed by atoms with Gasteiger partial charge >= 0.3 is 0 Å². The molecule has 2 atom stereocenters. The lowest BCUT2D eigenvalue weighted by Gasteiger charge is -2.22. The molecule has 1 nitrogen and oxygen atoms in total. The summed E-state index contributed by atoms with van der Waals surface area (Å²) in [6.07, 6.45) is 29.6. The van der Waals surface area contributed by atoms with Gasteiger partial charge in [0.2, 0.25) is 0 Å². The Morgan fingerprint density at radius 1 is 0.448 bits per heavy atom. The lowest BCUT2D eigenvalue weighted by molar-refractivity contribution is 0.0133. The number of rotatable bonds is 24. The van der Waals surface area contributed by atoms with Crippen molar-refractivity contribution in [1.29, 1.82) is 0 Å². The minimum absolute atomic E-state index is 0.529. The largest absolute Gasteiger partial charge is 0.378 e. The van der Waals surface area contributed by atoms with Gasteiger partial charge in [-0.1, -0.05) is 143 Å². The Hall–Kier alpha value is -0.0400. The zero-order valence-electron chi connectivity index (χ0n) is 21.1. The van der Waals surface area contributed by atoms with E-state index in [4.69, 9.17) is 4.74 Å². The van der Waals surface area contributed by atoms with E-state index in [1.807, 2.05) is 0 Å². The SMILES string of the molecule is CCCCCCCCCCC(CCCCCCCCC)OCC(CC)CCCC. The Balaban J connectivity index is 4.03. The van der Waals surface area contributed by atoms with Crippen molar-refractivity contribution in [3.63, 3.8) is 0 Å². The van der Waals surface area contributed by atoms with Crippen molar-refractivity contribution >= 4 is 0 Å². The van der Waals surface area contributed by atoms with Crippen LogP contribution in [0.4, 0.5) is 0 Å². The van der Waals surface area contributed by atoms with Crippen LogP contribution in [-0.4, -0.2) is 12.7 Å². The van der Waals surface area contributed by atoms with E-state index in [2.05, 4.69) is 27.7 Å². The van der Waals surface area contributed by atoms with Crippen molar-refractivity contribution in [3.05, 3.63) is 0 Å². The van der Waals surface area contributed by atoms with Gasteiger partial charge < -0.3 is 4.74 Å². The maximum atomic E-state index is 6.50. The summed E-state index contributed by atoms with van der Waals surface area (Å²) in [5.41, 5.74) is 0. The van der Waals surface area contributed by atoms with Gasteiger partial charge in [-0.3, -0.25) is 0 Å². The van der Waals surface area contributed by atoms with Gasteiger partial charge in [0.1, 0.15) is 0 Å². The topological polar surface area (TPSA) is 9.23 Å². The molecular formula is C28H58O. The predicted molar refractivity (Wildman–Crippen MR) is 133 cm³/mol. The zero-order valence-corrected chi connectivity index (χ0v) is 21.1. The number of unbranched alkanes of at least 4 members (excludes halogenated alkanes) is 14. The Morgan fingerprint density at radius 3 is 1.28 bits per heavy atom. The van der Waals surface area contributed by atoms with Crippen LogP contribution in [0.25, 0.3) is 0 Å². The fourth-order valence-corrected chi connectivity index (χ4v) is 4.32. The highest BCUT2D eigenvalue weighted by molar-refractivity contribution is 4.63. The van der Waals surface area contributed by atoms with E-state index in [1.54, 1.807) is 0 Å². The number of hydrogen-bond donors (Lipinski definition) is 0. The van der Waals surface area contributed by atoms with Gasteiger partial charge in [-0.15, -0.1) is 0 Å². The molecule has 0 saturated heterocycles. The van der Waals surface area contributed by atoms with E-state index in [0.717, 1.165) is 12.5 Å². The van der Waals surface area contributed by atoms with Gasteiger partial charge in [-0.05, 0) is 25.2 Å². The Bertz CT molecular complexity index is 288. The normalized spacial score (nSPS) is 13.7. The number of hydrogen-bond acceptors (Lipinski definition) is 1. The predicted octanol–water partition coefficient (Wildman–Crippen LogP) is 10.3. The second-order valence-electron chi connectivity index (χ2n) is 9.55. The van der Waals surface area contributed by atoms with Gasteiger partial charge in [-0.2, -0.15) is 0 Å². The van der Waals surface area contributed by atoms with Crippen molar-refractivity contribution in [2.75, 3.05) is 6.61 Å². The first kappa shape index (κ1) is 29.0. The van der Waals surface area contributed by atoms with E-state index in [-0.39, 0.29) is 0 Å². The van der Waals surface area contributed by atoms with Gasteiger partial charge in [0.15, 0.2) is 0 Å². The van der Waals surface area contributed by atoms with Crippen molar-refractivity contribution in [3.8, 4) is 0 Å². The minimum atomic E-state index is 0.529. The van der Waals surface area contributed by atoms with Crippen molar-refractivity contribution in [2.24, 2.45) is 5.92 Å². The summed E-state index contributed by atoms with van der Waals surface area (Å²) in [6, 6.07) is 0. The summed E-state index contributed by atoms with van der Waals surface area (Å²) in [5.74, 6) is 0.782.